The van der Waals surface area contributed by atoms with Gasteiger partial charge in [0.25, 0.3) is 5.91 Å². The Labute approximate surface area is 98.4 Å². The molecule has 0 aromatic rings. The van der Waals surface area contributed by atoms with Crippen LogP contribution < -0.4 is 5.32 Å². The Bertz CT molecular complexity index is 347. The predicted molar refractivity (Wildman–Crippen MR) is 55.6 cm³/mol. The molecule has 0 saturated carbocycles. The number of ether oxygens (including phenoxy) is 1. The lowest BCUT2D eigenvalue weighted by Gasteiger charge is -2.18. The molecule has 0 saturated heterocycles. The molecule has 94 valence electrons. The predicted octanol–water partition coefficient (Wildman–Crippen LogP) is -0.331. The van der Waals surface area contributed by atoms with Crippen molar-refractivity contribution in [2.24, 2.45) is 5.92 Å². The molecule has 7 heteroatoms. The molecule has 0 unspecified atom stereocenters. The van der Waals surface area contributed by atoms with Crippen LogP contribution in [0.3, 0.4) is 0 Å². The van der Waals surface area contributed by atoms with E-state index < -0.39 is 36.4 Å². The van der Waals surface area contributed by atoms with Gasteiger partial charge < -0.3 is 15.2 Å². The highest BCUT2D eigenvalue weighted by molar-refractivity contribution is 5.85. The molecule has 0 bridgehead atoms. The maximum Gasteiger partial charge on any atom is 0.326 e. The van der Waals surface area contributed by atoms with E-state index in [0.717, 1.165) is 6.92 Å². The van der Waals surface area contributed by atoms with Crippen molar-refractivity contribution in [3.8, 4) is 6.07 Å². The van der Waals surface area contributed by atoms with Gasteiger partial charge in [0.05, 0.1) is 6.07 Å². The van der Waals surface area contributed by atoms with Crippen molar-refractivity contribution in [2.75, 3.05) is 6.61 Å². The molecule has 17 heavy (non-hydrogen) atoms. The first-order valence-corrected chi connectivity index (χ1v) is 4.91. The SMILES string of the molecule is CC(=O)OCC(=O)N[C@H](C(=O)O)[C@H](C)CC#N. The van der Waals surface area contributed by atoms with Gasteiger partial charge in [-0.15, -0.1) is 0 Å². The van der Waals surface area contributed by atoms with Gasteiger partial charge in [0.1, 0.15) is 6.04 Å². The highest BCUT2D eigenvalue weighted by Crippen LogP contribution is 2.07. The van der Waals surface area contributed by atoms with Crippen molar-refractivity contribution in [2.45, 2.75) is 26.3 Å². The van der Waals surface area contributed by atoms with Crippen LogP contribution in [0.1, 0.15) is 20.3 Å². The molecule has 7 nitrogen and oxygen atoms in total. The third kappa shape index (κ3) is 6.14. The molecule has 0 radical (unpaired) electrons. The molecule has 0 fully saturated rings. The van der Waals surface area contributed by atoms with E-state index in [0.29, 0.717) is 0 Å². The Kier molecular flexibility index (Phi) is 6.33. The van der Waals surface area contributed by atoms with Gasteiger partial charge in [-0.3, -0.25) is 9.59 Å². The van der Waals surface area contributed by atoms with E-state index in [-0.39, 0.29) is 6.42 Å². The molecule has 0 aromatic heterocycles. The highest BCUT2D eigenvalue weighted by atomic mass is 16.5. The van der Waals surface area contributed by atoms with Crippen molar-refractivity contribution in [3.05, 3.63) is 0 Å². The Balaban J connectivity index is 4.35. The Morgan fingerprint density at radius 1 is 1.47 bits per heavy atom. The number of rotatable bonds is 6. The van der Waals surface area contributed by atoms with E-state index in [1.54, 1.807) is 0 Å². The number of nitriles is 1. The number of hydrogen-bond acceptors (Lipinski definition) is 5. The summed E-state index contributed by atoms with van der Waals surface area (Å²) in [5, 5.41) is 19.5. The molecule has 1 amide bonds. The van der Waals surface area contributed by atoms with E-state index in [2.05, 4.69) is 10.1 Å². The first-order valence-electron chi connectivity index (χ1n) is 4.91. The van der Waals surface area contributed by atoms with Crippen molar-refractivity contribution in [3.63, 3.8) is 0 Å². The maximum absolute atomic E-state index is 11.2. The van der Waals surface area contributed by atoms with Gasteiger partial charge in [0, 0.05) is 19.3 Å². The fourth-order valence-corrected chi connectivity index (χ4v) is 1.09. The number of carbonyl (C=O) groups excluding carboxylic acids is 2. The van der Waals surface area contributed by atoms with Crippen molar-refractivity contribution < 1.29 is 24.2 Å². The quantitative estimate of drug-likeness (QED) is 0.616. The summed E-state index contributed by atoms with van der Waals surface area (Å²) in [4.78, 5) is 32.5. The number of amides is 1. The Morgan fingerprint density at radius 2 is 2.06 bits per heavy atom. The monoisotopic (exact) mass is 242 g/mol. The summed E-state index contributed by atoms with van der Waals surface area (Å²) in [6.45, 7) is 2.15. The van der Waals surface area contributed by atoms with Gasteiger partial charge in [-0.2, -0.15) is 5.26 Å². The number of nitrogens with one attached hydrogen (secondary N) is 1. The van der Waals surface area contributed by atoms with Crippen LogP contribution in [0.25, 0.3) is 0 Å². The van der Waals surface area contributed by atoms with Crippen LogP contribution in [0.15, 0.2) is 0 Å². The topological polar surface area (TPSA) is 116 Å². The average Bonchev–Trinajstić information content (AvgIpc) is 2.22. The van der Waals surface area contributed by atoms with E-state index in [1.807, 2.05) is 6.07 Å². The average molecular weight is 242 g/mol. The Hall–Kier alpha value is -2.10. The summed E-state index contributed by atoms with van der Waals surface area (Å²) in [6.07, 6.45) is 0.00477. The number of aliphatic carboxylic acids is 1. The molecular weight excluding hydrogens is 228 g/mol. The highest BCUT2D eigenvalue weighted by Gasteiger charge is 2.26. The zero-order valence-electron chi connectivity index (χ0n) is 9.60. The van der Waals surface area contributed by atoms with Gasteiger partial charge in [-0.1, -0.05) is 6.92 Å². The number of carboxylic acid groups (broad SMARTS) is 1. The van der Waals surface area contributed by atoms with Crippen LogP contribution in [-0.4, -0.2) is 35.6 Å². The summed E-state index contributed by atoms with van der Waals surface area (Å²) in [5.74, 6) is -3.10. The summed E-state index contributed by atoms with van der Waals surface area (Å²) in [5.41, 5.74) is 0. The number of nitrogens with zero attached hydrogens (tertiary/aromatic N) is 1. The van der Waals surface area contributed by atoms with Crippen LogP contribution in [0, 0.1) is 17.2 Å². The van der Waals surface area contributed by atoms with Crippen molar-refractivity contribution in [1.82, 2.24) is 5.32 Å². The van der Waals surface area contributed by atoms with Gasteiger partial charge in [0.2, 0.25) is 0 Å². The van der Waals surface area contributed by atoms with E-state index in [9.17, 15) is 14.4 Å². The minimum Gasteiger partial charge on any atom is -0.480 e. The summed E-state index contributed by atoms with van der Waals surface area (Å²) in [6, 6.07) is 0.658. The summed E-state index contributed by atoms with van der Waals surface area (Å²) >= 11 is 0. The molecule has 0 aliphatic rings. The molecule has 0 heterocycles. The van der Waals surface area contributed by atoms with Gasteiger partial charge in [0.15, 0.2) is 6.61 Å². The fraction of sp³-hybridized carbons (Fsp3) is 0.600. The Morgan fingerprint density at radius 3 is 2.47 bits per heavy atom. The molecule has 2 N–H and O–H groups in total. The van der Waals surface area contributed by atoms with Crippen molar-refractivity contribution in [1.29, 1.82) is 5.26 Å². The first-order chi connectivity index (χ1) is 7.88. The van der Waals surface area contributed by atoms with Crippen LogP contribution in [0.2, 0.25) is 0 Å². The zero-order chi connectivity index (χ0) is 13.4. The van der Waals surface area contributed by atoms with Gasteiger partial charge in [-0.05, 0) is 0 Å². The largest absolute Gasteiger partial charge is 0.480 e. The summed E-state index contributed by atoms with van der Waals surface area (Å²) < 4.78 is 4.42. The van der Waals surface area contributed by atoms with Crippen molar-refractivity contribution >= 4 is 17.8 Å². The fourth-order valence-electron chi connectivity index (χ4n) is 1.09. The molecule has 0 spiro atoms. The van der Waals surface area contributed by atoms with Gasteiger partial charge >= 0.3 is 11.9 Å². The minimum absolute atomic E-state index is 0.00477. The first kappa shape index (κ1) is 14.9. The molecular formula is C10H14N2O5. The minimum atomic E-state index is -1.23. The van der Waals surface area contributed by atoms with Crippen LogP contribution in [0.4, 0.5) is 0 Å². The van der Waals surface area contributed by atoms with E-state index >= 15 is 0 Å². The molecule has 0 aromatic carbocycles. The number of carboxylic acids is 1. The van der Waals surface area contributed by atoms with E-state index in [4.69, 9.17) is 10.4 Å². The number of hydrogen-bond donors (Lipinski definition) is 2. The van der Waals surface area contributed by atoms with Crippen LogP contribution in [0.5, 0.6) is 0 Å². The second-order valence-corrected chi connectivity index (χ2v) is 3.50. The molecule has 2 atom stereocenters. The maximum atomic E-state index is 11.2. The second kappa shape index (κ2) is 7.22. The third-order valence-electron chi connectivity index (χ3n) is 1.97. The third-order valence-corrected chi connectivity index (χ3v) is 1.97. The standard InChI is InChI=1S/C10H14N2O5/c1-6(3-4-11)9(10(15)16)12-8(14)5-17-7(2)13/h6,9H,3,5H2,1-2H3,(H,12,14)(H,15,16)/t6-,9+/m1/s1. The molecule has 0 aliphatic heterocycles. The number of esters is 1. The lowest BCUT2D eigenvalue weighted by molar-refractivity contribution is -0.148. The molecule has 0 rings (SSSR count). The normalized spacial score (nSPS) is 13.0. The van der Waals surface area contributed by atoms with Gasteiger partial charge in [-0.25, -0.2) is 4.79 Å². The van der Waals surface area contributed by atoms with E-state index in [1.165, 1.54) is 6.92 Å². The van der Waals surface area contributed by atoms with Crippen LogP contribution >= 0.6 is 0 Å². The number of carbonyl (C=O) groups is 3. The summed E-state index contributed by atoms with van der Waals surface area (Å²) in [7, 11) is 0. The van der Waals surface area contributed by atoms with Crippen LogP contribution in [-0.2, 0) is 19.1 Å². The zero-order valence-corrected chi connectivity index (χ0v) is 9.60. The lowest BCUT2D eigenvalue weighted by atomic mass is 9.99. The molecule has 0 aliphatic carbocycles. The smallest absolute Gasteiger partial charge is 0.326 e. The lowest BCUT2D eigenvalue weighted by Crippen LogP contribution is -2.46. The second-order valence-electron chi connectivity index (χ2n) is 3.50.